The third-order valence-corrected chi connectivity index (χ3v) is 3.73. The fourth-order valence-corrected chi connectivity index (χ4v) is 2.48. The standard InChI is InChI=1S/C15H22N2O2/c1-3-12-4-6-13(7-5-12)17-11(2)8-9-16-14(10-18)15(17)19/h4-7,11,14,16,18H,3,8-10H2,1-2H3. The number of hydrogen-bond donors (Lipinski definition) is 2. The molecule has 1 aliphatic heterocycles. The Morgan fingerprint density at radius 1 is 1.37 bits per heavy atom. The van der Waals surface area contributed by atoms with Crippen molar-refractivity contribution in [3.05, 3.63) is 29.8 Å². The maximum Gasteiger partial charge on any atom is 0.246 e. The normalized spacial score (nSPS) is 24.4. The lowest BCUT2D eigenvalue weighted by atomic mass is 10.1. The van der Waals surface area contributed by atoms with Crippen LogP contribution >= 0.6 is 0 Å². The minimum Gasteiger partial charge on any atom is -0.394 e. The van der Waals surface area contributed by atoms with Crippen molar-refractivity contribution < 1.29 is 9.90 Å². The number of aryl methyl sites for hydroxylation is 1. The van der Waals surface area contributed by atoms with E-state index in [2.05, 4.69) is 24.4 Å². The van der Waals surface area contributed by atoms with Crippen molar-refractivity contribution in [1.82, 2.24) is 5.32 Å². The van der Waals surface area contributed by atoms with Crippen molar-refractivity contribution in [2.75, 3.05) is 18.1 Å². The highest BCUT2D eigenvalue weighted by Gasteiger charge is 2.31. The zero-order valence-corrected chi connectivity index (χ0v) is 11.6. The number of hydrogen-bond acceptors (Lipinski definition) is 3. The Hall–Kier alpha value is -1.39. The Bertz CT molecular complexity index is 430. The van der Waals surface area contributed by atoms with Crippen LogP contribution in [0.1, 0.15) is 25.8 Å². The predicted molar refractivity (Wildman–Crippen MR) is 76.3 cm³/mol. The molecule has 0 aliphatic carbocycles. The summed E-state index contributed by atoms with van der Waals surface area (Å²) in [5.74, 6) is -0.0447. The molecule has 1 fully saturated rings. The topological polar surface area (TPSA) is 52.6 Å². The molecule has 0 spiro atoms. The first kappa shape index (κ1) is 14.0. The van der Waals surface area contributed by atoms with Crippen LogP contribution < -0.4 is 10.2 Å². The monoisotopic (exact) mass is 262 g/mol. The fourth-order valence-electron chi connectivity index (χ4n) is 2.48. The number of benzene rings is 1. The van der Waals surface area contributed by atoms with E-state index in [9.17, 15) is 9.90 Å². The van der Waals surface area contributed by atoms with Crippen LogP contribution in [-0.4, -0.2) is 36.2 Å². The molecule has 1 aliphatic rings. The Morgan fingerprint density at radius 3 is 2.63 bits per heavy atom. The molecular formula is C15H22N2O2. The van der Waals surface area contributed by atoms with Crippen molar-refractivity contribution in [2.24, 2.45) is 0 Å². The predicted octanol–water partition coefficient (Wildman–Crippen LogP) is 1.32. The number of aliphatic hydroxyl groups is 1. The molecule has 0 bridgehead atoms. The van der Waals surface area contributed by atoms with E-state index in [-0.39, 0.29) is 18.6 Å². The van der Waals surface area contributed by atoms with Gasteiger partial charge in [0.15, 0.2) is 0 Å². The highest BCUT2D eigenvalue weighted by molar-refractivity contribution is 5.98. The summed E-state index contributed by atoms with van der Waals surface area (Å²) in [6, 6.07) is 7.75. The zero-order valence-electron chi connectivity index (χ0n) is 11.6. The van der Waals surface area contributed by atoms with E-state index in [0.717, 1.165) is 25.1 Å². The van der Waals surface area contributed by atoms with Gasteiger partial charge in [-0.2, -0.15) is 0 Å². The molecule has 2 unspecified atom stereocenters. The third-order valence-electron chi connectivity index (χ3n) is 3.73. The largest absolute Gasteiger partial charge is 0.394 e. The fraction of sp³-hybridized carbons (Fsp3) is 0.533. The van der Waals surface area contributed by atoms with Crippen molar-refractivity contribution in [2.45, 2.75) is 38.8 Å². The van der Waals surface area contributed by atoms with Crippen LogP contribution in [0.25, 0.3) is 0 Å². The zero-order chi connectivity index (χ0) is 13.8. The van der Waals surface area contributed by atoms with Gasteiger partial charge < -0.3 is 15.3 Å². The summed E-state index contributed by atoms with van der Waals surface area (Å²) >= 11 is 0. The van der Waals surface area contributed by atoms with Gasteiger partial charge in [-0.25, -0.2) is 0 Å². The molecule has 4 heteroatoms. The second-order valence-electron chi connectivity index (χ2n) is 5.06. The van der Waals surface area contributed by atoms with E-state index in [4.69, 9.17) is 0 Å². The van der Waals surface area contributed by atoms with Crippen LogP contribution in [0.5, 0.6) is 0 Å². The Balaban J connectivity index is 2.29. The molecule has 2 atom stereocenters. The van der Waals surface area contributed by atoms with Gasteiger partial charge in [0.1, 0.15) is 6.04 Å². The number of rotatable bonds is 3. The lowest BCUT2D eigenvalue weighted by Crippen LogP contribution is -2.47. The quantitative estimate of drug-likeness (QED) is 0.864. The van der Waals surface area contributed by atoms with Crippen LogP contribution in [0, 0.1) is 0 Å². The molecule has 0 saturated carbocycles. The second-order valence-corrected chi connectivity index (χ2v) is 5.06. The van der Waals surface area contributed by atoms with E-state index in [1.807, 2.05) is 19.1 Å². The summed E-state index contributed by atoms with van der Waals surface area (Å²) in [5.41, 5.74) is 2.17. The van der Waals surface area contributed by atoms with Gasteiger partial charge >= 0.3 is 0 Å². The molecule has 2 rings (SSSR count). The molecule has 1 heterocycles. The first-order valence-electron chi connectivity index (χ1n) is 6.93. The van der Waals surface area contributed by atoms with Gasteiger partial charge in [0.25, 0.3) is 0 Å². The molecule has 1 saturated heterocycles. The summed E-state index contributed by atoms with van der Waals surface area (Å²) in [6.45, 7) is 4.75. The molecule has 104 valence electrons. The number of anilines is 1. The van der Waals surface area contributed by atoms with Crippen LogP contribution in [0.15, 0.2) is 24.3 Å². The van der Waals surface area contributed by atoms with E-state index >= 15 is 0 Å². The lowest BCUT2D eigenvalue weighted by Gasteiger charge is -2.29. The Morgan fingerprint density at radius 2 is 2.05 bits per heavy atom. The highest BCUT2D eigenvalue weighted by atomic mass is 16.3. The van der Waals surface area contributed by atoms with Crippen LogP contribution in [0.2, 0.25) is 0 Å². The van der Waals surface area contributed by atoms with Crippen molar-refractivity contribution in [1.29, 1.82) is 0 Å². The van der Waals surface area contributed by atoms with Gasteiger partial charge in [0, 0.05) is 11.7 Å². The summed E-state index contributed by atoms with van der Waals surface area (Å²) < 4.78 is 0. The average molecular weight is 262 g/mol. The number of nitrogens with zero attached hydrogens (tertiary/aromatic N) is 1. The number of amides is 1. The maximum atomic E-state index is 12.4. The summed E-state index contributed by atoms with van der Waals surface area (Å²) in [6.07, 6.45) is 1.88. The average Bonchev–Trinajstić information content (AvgIpc) is 2.57. The molecule has 1 amide bonds. The molecule has 0 radical (unpaired) electrons. The maximum absolute atomic E-state index is 12.4. The smallest absolute Gasteiger partial charge is 0.246 e. The van der Waals surface area contributed by atoms with Crippen molar-refractivity contribution in [3.63, 3.8) is 0 Å². The third kappa shape index (κ3) is 2.96. The van der Waals surface area contributed by atoms with E-state index in [1.54, 1.807) is 4.90 Å². The minimum atomic E-state index is -0.490. The van der Waals surface area contributed by atoms with Crippen LogP contribution in [-0.2, 0) is 11.2 Å². The number of carbonyl (C=O) groups is 1. The molecule has 0 aromatic heterocycles. The van der Waals surface area contributed by atoms with E-state index in [1.165, 1.54) is 5.56 Å². The van der Waals surface area contributed by atoms with Gasteiger partial charge in [0.05, 0.1) is 6.61 Å². The van der Waals surface area contributed by atoms with Gasteiger partial charge in [0.2, 0.25) is 5.91 Å². The van der Waals surface area contributed by atoms with Gasteiger partial charge in [-0.3, -0.25) is 4.79 Å². The van der Waals surface area contributed by atoms with Gasteiger partial charge in [-0.1, -0.05) is 19.1 Å². The number of aliphatic hydroxyl groups excluding tert-OH is 1. The Kier molecular flexibility index (Phi) is 4.56. The van der Waals surface area contributed by atoms with E-state index < -0.39 is 6.04 Å². The van der Waals surface area contributed by atoms with Gasteiger partial charge in [-0.05, 0) is 44.0 Å². The highest BCUT2D eigenvalue weighted by Crippen LogP contribution is 2.22. The van der Waals surface area contributed by atoms with Gasteiger partial charge in [-0.15, -0.1) is 0 Å². The summed E-state index contributed by atoms with van der Waals surface area (Å²) in [4.78, 5) is 14.3. The van der Waals surface area contributed by atoms with Crippen LogP contribution in [0.4, 0.5) is 5.69 Å². The Labute approximate surface area is 114 Å². The molecule has 1 aromatic rings. The SMILES string of the molecule is CCc1ccc(N2C(=O)C(CO)NCCC2C)cc1. The molecule has 2 N–H and O–H groups in total. The van der Waals surface area contributed by atoms with E-state index in [0.29, 0.717) is 0 Å². The lowest BCUT2D eigenvalue weighted by molar-refractivity contribution is -0.121. The summed E-state index contributed by atoms with van der Waals surface area (Å²) in [5, 5.41) is 12.4. The second kappa shape index (κ2) is 6.17. The molecule has 1 aromatic carbocycles. The number of nitrogens with one attached hydrogen (secondary N) is 1. The first-order valence-corrected chi connectivity index (χ1v) is 6.93. The molecule has 4 nitrogen and oxygen atoms in total. The summed E-state index contributed by atoms with van der Waals surface area (Å²) in [7, 11) is 0. The first-order chi connectivity index (χ1) is 9.17. The number of carbonyl (C=O) groups excluding carboxylic acids is 1. The minimum absolute atomic E-state index is 0.0447. The molecular weight excluding hydrogens is 240 g/mol. The van der Waals surface area contributed by atoms with Crippen molar-refractivity contribution in [3.8, 4) is 0 Å². The van der Waals surface area contributed by atoms with Crippen LogP contribution in [0.3, 0.4) is 0 Å². The molecule has 19 heavy (non-hydrogen) atoms. The van der Waals surface area contributed by atoms with Crippen molar-refractivity contribution >= 4 is 11.6 Å².